The molecule has 0 aliphatic rings. The van der Waals surface area contributed by atoms with Gasteiger partial charge in [-0.15, -0.1) is 0 Å². The number of rotatable bonds is 6. The van der Waals surface area contributed by atoms with Crippen molar-refractivity contribution in [2.45, 2.75) is 31.4 Å². The maximum Gasteiger partial charge on any atom is 0.257 e. The molecule has 0 saturated carbocycles. The van der Waals surface area contributed by atoms with Crippen molar-refractivity contribution in [2.75, 3.05) is 6.54 Å². The monoisotopic (exact) mass is 261 g/mol. The van der Waals surface area contributed by atoms with Crippen molar-refractivity contribution in [1.82, 2.24) is 14.5 Å². The van der Waals surface area contributed by atoms with Crippen LogP contribution in [0.1, 0.15) is 20.3 Å². The van der Waals surface area contributed by atoms with E-state index >= 15 is 0 Å². The van der Waals surface area contributed by atoms with Crippen LogP contribution in [-0.2, 0) is 17.1 Å². The minimum Gasteiger partial charge on any atom is -0.392 e. The number of aliphatic hydroxyl groups is 1. The highest BCUT2D eigenvalue weighted by Crippen LogP contribution is 2.07. The Morgan fingerprint density at radius 1 is 1.53 bits per heavy atom. The fraction of sp³-hybridized carbons (Fsp3) is 0.700. The molecule has 0 aromatic carbocycles. The third-order valence-electron chi connectivity index (χ3n) is 2.30. The van der Waals surface area contributed by atoms with Gasteiger partial charge in [0.2, 0.25) is 0 Å². The Labute approximate surface area is 102 Å². The van der Waals surface area contributed by atoms with Gasteiger partial charge in [0.15, 0.2) is 5.03 Å². The molecule has 0 aliphatic heterocycles. The average Bonchev–Trinajstić information content (AvgIpc) is 2.61. The third kappa shape index (κ3) is 4.10. The molecule has 2 N–H and O–H groups in total. The third-order valence-corrected chi connectivity index (χ3v) is 3.80. The van der Waals surface area contributed by atoms with E-state index in [4.69, 9.17) is 0 Å². The highest BCUT2D eigenvalue weighted by Gasteiger charge is 2.19. The second-order valence-corrected chi connectivity index (χ2v) is 6.14. The lowest BCUT2D eigenvalue weighted by Crippen LogP contribution is -2.33. The summed E-state index contributed by atoms with van der Waals surface area (Å²) in [4.78, 5) is 0. The maximum atomic E-state index is 11.8. The molecule has 0 amide bonds. The van der Waals surface area contributed by atoms with Gasteiger partial charge in [-0.1, -0.05) is 13.8 Å². The first kappa shape index (κ1) is 14.1. The first-order valence-electron chi connectivity index (χ1n) is 5.48. The van der Waals surface area contributed by atoms with Crippen LogP contribution < -0.4 is 4.72 Å². The SMILES string of the molecule is CC(C)CC(O)CNS(=O)(=O)c1ccnn1C. The smallest absolute Gasteiger partial charge is 0.257 e. The number of nitrogens with one attached hydrogen (secondary N) is 1. The molecule has 1 rings (SSSR count). The molecule has 17 heavy (non-hydrogen) atoms. The molecule has 98 valence electrons. The van der Waals surface area contributed by atoms with Gasteiger partial charge in [-0.05, 0) is 18.4 Å². The first-order valence-corrected chi connectivity index (χ1v) is 6.97. The van der Waals surface area contributed by atoms with E-state index in [-0.39, 0.29) is 11.6 Å². The summed E-state index contributed by atoms with van der Waals surface area (Å²) in [5, 5.41) is 13.5. The van der Waals surface area contributed by atoms with Gasteiger partial charge in [-0.2, -0.15) is 5.10 Å². The zero-order valence-corrected chi connectivity index (χ0v) is 11.1. The van der Waals surface area contributed by atoms with Crippen LogP contribution in [0.4, 0.5) is 0 Å². The largest absolute Gasteiger partial charge is 0.392 e. The Balaban J connectivity index is 2.60. The number of aromatic nitrogens is 2. The standard InChI is InChI=1S/C10H19N3O3S/c1-8(2)6-9(14)7-12-17(15,16)10-4-5-11-13(10)3/h4-5,8-9,12,14H,6-7H2,1-3H3. The van der Waals surface area contributed by atoms with Gasteiger partial charge in [0.05, 0.1) is 12.3 Å². The molecule has 6 nitrogen and oxygen atoms in total. The van der Waals surface area contributed by atoms with Gasteiger partial charge in [0, 0.05) is 13.6 Å². The van der Waals surface area contributed by atoms with Gasteiger partial charge in [0.1, 0.15) is 0 Å². The molecule has 1 aromatic heterocycles. The minimum absolute atomic E-state index is 0.0195. The van der Waals surface area contributed by atoms with E-state index in [2.05, 4.69) is 9.82 Å². The van der Waals surface area contributed by atoms with Gasteiger partial charge in [-0.3, -0.25) is 4.68 Å². The molecular weight excluding hydrogens is 242 g/mol. The Kier molecular flexibility index (Phi) is 4.67. The number of aryl methyl sites for hydroxylation is 1. The van der Waals surface area contributed by atoms with Gasteiger partial charge in [0.25, 0.3) is 10.0 Å². The molecule has 0 saturated heterocycles. The van der Waals surface area contributed by atoms with Crippen molar-refractivity contribution in [3.05, 3.63) is 12.3 Å². The highest BCUT2D eigenvalue weighted by atomic mass is 32.2. The molecule has 0 fully saturated rings. The van der Waals surface area contributed by atoms with Crippen LogP contribution >= 0.6 is 0 Å². The van der Waals surface area contributed by atoms with Crippen molar-refractivity contribution in [3.8, 4) is 0 Å². The van der Waals surface area contributed by atoms with Crippen molar-refractivity contribution < 1.29 is 13.5 Å². The van der Waals surface area contributed by atoms with Crippen LogP contribution in [-0.4, -0.2) is 36.0 Å². The molecule has 1 aromatic rings. The lowest BCUT2D eigenvalue weighted by Gasteiger charge is -2.14. The van der Waals surface area contributed by atoms with Gasteiger partial charge in [-0.25, -0.2) is 13.1 Å². The molecule has 1 atom stereocenters. The maximum absolute atomic E-state index is 11.8. The van der Waals surface area contributed by atoms with E-state index < -0.39 is 16.1 Å². The molecular formula is C10H19N3O3S. The molecule has 0 radical (unpaired) electrons. The van der Waals surface area contributed by atoms with E-state index in [1.807, 2.05) is 13.8 Å². The predicted molar refractivity (Wildman–Crippen MR) is 63.9 cm³/mol. The number of hydrogen-bond donors (Lipinski definition) is 2. The highest BCUT2D eigenvalue weighted by molar-refractivity contribution is 7.89. The Morgan fingerprint density at radius 2 is 2.18 bits per heavy atom. The van der Waals surface area contributed by atoms with Crippen LogP contribution in [0.25, 0.3) is 0 Å². The van der Waals surface area contributed by atoms with Crippen LogP contribution in [0, 0.1) is 5.92 Å². The molecule has 7 heteroatoms. The molecule has 0 spiro atoms. The zero-order valence-electron chi connectivity index (χ0n) is 10.3. The summed E-state index contributed by atoms with van der Waals surface area (Å²) in [6.45, 7) is 3.96. The Bertz CT molecular complexity index is 453. The molecule has 1 heterocycles. The summed E-state index contributed by atoms with van der Waals surface area (Å²) in [5.41, 5.74) is 0. The lowest BCUT2D eigenvalue weighted by molar-refractivity contribution is 0.152. The van der Waals surface area contributed by atoms with E-state index in [0.29, 0.717) is 12.3 Å². The van der Waals surface area contributed by atoms with Crippen LogP contribution in [0.15, 0.2) is 17.3 Å². The number of hydrogen-bond acceptors (Lipinski definition) is 4. The molecule has 1 unspecified atom stereocenters. The Morgan fingerprint density at radius 3 is 2.65 bits per heavy atom. The van der Waals surface area contributed by atoms with E-state index in [9.17, 15) is 13.5 Å². The van der Waals surface area contributed by atoms with E-state index in [0.717, 1.165) is 0 Å². The second-order valence-electron chi connectivity index (χ2n) is 4.43. The fourth-order valence-electron chi connectivity index (χ4n) is 1.53. The number of aliphatic hydroxyl groups excluding tert-OH is 1. The lowest BCUT2D eigenvalue weighted by atomic mass is 10.1. The van der Waals surface area contributed by atoms with Crippen LogP contribution in [0.5, 0.6) is 0 Å². The average molecular weight is 261 g/mol. The van der Waals surface area contributed by atoms with Crippen molar-refractivity contribution in [2.24, 2.45) is 13.0 Å². The van der Waals surface area contributed by atoms with Crippen LogP contribution in [0.2, 0.25) is 0 Å². The second kappa shape index (κ2) is 5.61. The fourth-order valence-corrected chi connectivity index (χ4v) is 2.73. The van der Waals surface area contributed by atoms with Crippen molar-refractivity contribution >= 4 is 10.0 Å². The minimum atomic E-state index is -3.59. The normalized spacial score (nSPS) is 14.2. The van der Waals surface area contributed by atoms with Crippen molar-refractivity contribution in [1.29, 1.82) is 0 Å². The summed E-state index contributed by atoms with van der Waals surface area (Å²) in [6.07, 6.45) is 1.31. The van der Waals surface area contributed by atoms with Crippen LogP contribution in [0.3, 0.4) is 0 Å². The summed E-state index contributed by atoms with van der Waals surface area (Å²) < 4.78 is 27.3. The summed E-state index contributed by atoms with van der Waals surface area (Å²) >= 11 is 0. The number of sulfonamides is 1. The van der Waals surface area contributed by atoms with Gasteiger partial charge < -0.3 is 5.11 Å². The van der Waals surface area contributed by atoms with E-state index in [1.54, 1.807) is 7.05 Å². The number of nitrogens with zero attached hydrogens (tertiary/aromatic N) is 2. The Hall–Kier alpha value is -0.920. The molecule has 0 aliphatic carbocycles. The van der Waals surface area contributed by atoms with E-state index in [1.165, 1.54) is 16.9 Å². The summed E-state index contributed by atoms with van der Waals surface area (Å²) in [6, 6.07) is 1.41. The quantitative estimate of drug-likeness (QED) is 0.761. The predicted octanol–water partition coefficient (Wildman–Crippen LogP) is 0.105. The first-order chi connectivity index (χ1) is 7.83. The molecule has 0 bridgehead atoms. The topological polar surface area (TPSA) is 84.2 Å². The summed E-state index contributed by atoms with van der Waals surface area (Å²) in [5.74, 6) is 0.325. The van der Waals surface area contributed by atoms with Crippen molar-refractivity contribution in [3.63, 3.8) is 0 Å². The zero-order chi connectivity index (χ0) is 13.1. The summed E-state index contributed by atoms with van der Waals surface area (Å²) in [7, 11) is -2.03. The van der Waals surface area contributed by atoms with Gasteiger partial charge >= 0.3 is 0 Å².